The summed E-state index contributed by atoms with van der Waals surface area (Å²) in [5.74, 6) is 0.697. The Bertz CT molecular complexity index is 165. The molecule has 1 heterocycles. The van der Waals surface area contributed by atoms with Crippen LogP contribution in [0.3, 0.4) is 0 Å². The Morgan fingerprint density at radius 3 is 2.30 bits per heavy atom. The van der Waals surface area contributed by atoms with Gasteiger partial charge in [-0.25, -0.2) is 5.06 Å². The minimum absolute atomic E-state index is 0.253. The quantitative estimate of drug-likeness (QED) is 0.538. The summed E-state index contributed by atoms with van der Waals surface area (Å²) in [6.07, 6.45) is 0.684. The first-order chi connectivity index (χ1) is 4.46. The molecule has 0 aromatic carbocycles. The van der Waals surface area contributed by atoms with Crippen LogP contribution in [0.25, 0.3) is 0 Å². The molecule has 1 aliphatic rings. The van der Waals surface area contributed by atoms with Gasteiger partial charge in [0.1, 0.15) is 5.84 Å². The topological polar surface area (TPSA) is 47.3 Å². The highest BCUT2D eigenvalue weighted by atomic mass is 16.5. The van der Waals surface area contributed by atoms with Crippen molar-refractivity contribution in [1.29, 1.82) is 5.41 Å². The first-order valence-electron chi connectivity index (χ1n) is 3.53. The number of hydroxylamine groups is 2. The van der Waals surface area contributed by atoms with Gasteiger partial charge in [0, 0.05) is 6.42 Å². The molecule has 10 heavy (non-hydrogen) atoms. The molecule has 3 nitrogen and oxygen atoms in total. The van der Waals surface area contributed by atoms with E-state index in [1.807, 2.05) is 20.8 Å². The highest BCUT2D eigenvalue weighted by Crippen LogP contribution is 2.33. The summed E-state index contributed by atoms with van der Waals surface area (Å²) < 4.78 is 0. The van der Waals surface area contributed by atoms with E-state index in [0.29, 0.717) is 18.2 Å². The van der Waals surface area contributed by atoms with Gasteiger partial charge in [0.05, 0.1) is 5.54 Å². The molecule has 0 bridgehead atoms. The third-order valence-corrected chi connectivity index (χ3v) is 2.51. The molecule has 1 saturated heterocycles. The van der Waals surface area contributed by atoms with Crippen molar-refractivity contribution < 1.29 is 5.21 Å². The molecular formula is C7H14N2O. The van der Waals surface area contributed by atoms with E-state index in [0.717, 1.165) is 5.06 Å². The number of hydrogen-bond donors (Lipinski definition) is 2. The van der Waals surface area contributed by atoms with Crippen molar-refractivity contribution in [2.75, 3.05) is 0 Å². The normalized spacial score (nSPS) is 31.4. The van der Waals surface area contributed by atoms with E-state index in [-0.39, 0.29) is 5.54 Å². The Morgan fingerprint density at radius 2 is 2.20 bits per heavy atom. The number of amidine groups is 1. The maximum atomic E-state index is 9.30. The average Bonchev–Trinajstić information content (AvgIpc) is 1.97. The van der Waals surface area contributed by atoms with E-state index in [1.54, 1.807) is 0 Å². The summed E-state index contributed by atoms with van der Waals surface area (Å²) >= 11 is 0. The van der Waals surface area contributed by atoms with Crippen LogP contribution in [-0.4, -0.2) is 21.6 Å². The van der Waals surface area contributed by atoms with Crippen LogP contribution < -0.4 is 0 Å². The Morgan fingerprint density at radius 1 is 1.70 bits per heavy atom. The SMILES string of the molecule is CC1CC(=N)N(O)C1(C)C. The average molecular weight is 142 g/mol. The number of nitrogens with one attached hydrogen (secondary N) is 1. The molecular weight excluding hydrogens is 128 g/mol. The van der Waals surface area contributed by atoms with Crippen molar-refractivity contribution in [2.45, 2.75) is 32.7 Å². The highest BCUT2D eigenvalue weighted by Gasteiger charge is 2.41. The molecule has 0 aromatic heterocycles. The van der Waals surface area contributed by atoms with E-state index in [4.69, 9.17) is 5.41 Å². The lowest BCUT2D eigenvalue weighted by Gasteiger charge is -2.29. The molecule has 1 atom stereocenters. The monoisotopic (exact) mass is 142 g/mol. The second-order valence-electron chi connectivity index (χ2n) is 3.52. The van der Waals surface area contributed by atoms with Crippen LogP contribution in [0.4, 0.5) is 0 Å². The summed E-state index contributed by atoms with van der Waals surface area (Å²) in [4.78, 5) is 0. The zero-order valence-corrected chi connectivity index (χ0v) is 6.68. The smallest absolute Gasteiger partial charge is 0.121 e. The van der Waals surface area contributed by atoms with E-state index >= 15 is 0 Å². The van der Waals surface area contributed by atoms with Crippen molar-refractivity contribution >= 4 is 5.84 Å². The third-order valence-electron chi connectivity index (χ3n) is 2.51. The van der Waals surface area contributed by atoms with Gasteiger partial charge in [0.25, 0.3) is 0 Å². The van der Waals surface area contributed by atoms with Crippen LogP contribution in [0.2, 0.25) is 0 Å². The number of rotatable bonds is 0. The highest BCUT2D eigenvalue weighted by molar-refractivity contribution is 5.81. The fourth-order valence-electron chi connectivity index (χ4n) is 1.18. The summed E-state index contributed by atoms with van der Waals surface area (Å²) in [5.41, 5.74) is -0.253. The molecule has 1 unspecified atom stereocenters. The summed E-state index contributed by atoms with van der Waals surface area (Å²) in [6, 6.07) is 0. The Hall–Kier alpha value is -0.570. The van der Waals surface area contributed by atoms with Crippen LogP contribution in [0.15, 0.2) is 0 Å². The molecule has 3 heteroatoms. The van der Waals surface area contributed by atoms with Gasteiger partial charge < -0.3 is 0 Å². The predicted molar refractivity (Wildman–Crippen MR) is 39.2 cm³/mol. The number of hydrogen-bond acceptors (Lipinski definition) is 2. The van der Waals surface area contributed by atoms with Crippen LogP contribution >= 0.6 is 0 Å². The van der Waals surface area contributed by atoms with E-state index in [2.05, 4.69) is 0 Å². The Kier molecular flexibility index (Phi) is 1.47. The zero-order chi connectivity index (χ0) is 7.94. The minimum Gasteiger partial charge on any atom is -0.287 e. The van der Waals surface area contributed by atoms with Crippen molar-refractivity contribution in [3.8, 4) is 0 Å². The first kappa shape index (κ1) is 7.54. The van der Waals surface area contributed by atoms with Gasteiger partial charge >= 0.3 is 0 Å². The van der Waals surface area contributed by atoms with E-state index in [1.165, 1.54) is 0 Å². The standard InChI is InChI=1S/C7H14N2O/c1-5-4-6(8)9(10)7(5,2)3/h5,8,10H,4H2,1-3H3. The predicted octanol–water partition coefficient (Wildman–Crippen LogP) is 1.47. The second-order valence-corrected chi connectivity index (χ2v) is 3.52. The van der Waals surface area contributed by atoms with Gasteiger partial charge in [-0.2, -0.15) is 0 Å². The summed E-state index contributed by atoms with van der Waals surface area (Å²) in [6.45, 7) is 5.93. The molecule has 58 valence electrons. The number of nitrogens with zero attached hydrogens (tertiary/aromatic N) is 1. The Labute approximate surface area is 61.1 Å². The van der Waals surface area contributed by atoms with Crippen LogP contribution in [0.5, 0.6) is 0 Å². The van der Waals surface area contributed by atoms with Crippen LogP contribution in [0.1, 0.15) is 27.2 Å². The second kappa shape index (κ2) is 1.95. The van der Waals surface area contributed by atoms with Gasteiger partial charge in [-0.15, -0.1) is 0 Å². The molecule has 0 spiro atoms. The molecule has 0 saturated carbocycles. The lowest BCUT2D eigenvalue weighted by atomic mass is 9.91. The molecule has 0 aliphatic carbocycles. The van der Waals surface area contributed by atoms with Gasteiger partial charge in [-0.1, -0.05) is 6.92 Å². The van der Waals surface area contributed by atoms with E-state index < -0.39 is 0 Å². The first-order valence-corrected chi connectivity index (χ1v) is 3.53. The van der Waals surface area contributed by atoms with Gasteiger partial charge in [0.2, 0.25) is 0 Å². The fraction of sp³-hybridized carbons (Fsp3) is 0.857. The van der Waals surface area contributed by atoms with Crippen LogP contribution in [0, 0.1) is 11.3 Å². The molecule has 1 rings (SSSR count). The molecule has 0 aromatic rings. The lowest BCUT2D eigenvalue weighted by molar-refractivity contribution is -0.0924. The van der Waals surface area contributed by atoms with Crippen molar-refractivity contribution in [2.24, 2.45) is 5.92 Å². The van der Waals surface area contributed by atoms with Crippen molar-refractivity contribution in [1.82, 2.24) is 5.06 Å². The molecule has 0 amide bonds. The van der Waals surface area contributed by atoms with Crippen molar-refractivity contribution in [3.05, 3.63) is 0 Å². The van der Waals surface area contributed by atoms with Gasteiger partial charge in [-0.05, 0) is 19.8 Å². The Balaban J connectivity index is 2.85. The molecule has 0 radical (unpaired) electrons. The van der Waals surface area contributed by atoms with E-state index in [9.17, 15) is 5.21 Å². The van der Waals surface area contributed by atoms with Crippen LogP contribution in [-0.2, 0) is 0 Å². The third kappa shape index (κ3) is 0.814. The molecule has 1 fully saturated rings. The van der Waals surface area contributed by atoms with Gasteiger partial charge in [0.15, 0.2) is 0 Å². The molecule has 1 aliphatic heterocycles. The largest absolute Gasteiger partial charge is 0.287 e. The van der Waals surface area contributed by atoms with Gasteiger partial charge in [-0.3, -0.25) is 10.6 Å². The zero-order valence-electron chi connectivity index (χ0n) is 6.68. The summed E-state index contributed by atoms with van der Waals surface area (Å²) in [5, 5.41) is 17.7. The summed E-state index contributed by atoms with van der Waals surface area (Å²) in [7, 11) is 0. The molecule has 2 N–H and O–H groups in total. The fourth-order valence-corrected chi connectivity index (χ4v) is 1.18. The maximum absolute atomic E-state index is 9.30. The maximum Gasteiger partial charge on any atom is 0.121 e. The lowest BCUT2D eigenvalue weighted by Crippen LogP contribution is -2.40. The minimum atomic E-state index is -0.253. The van der Waals surface area contributed by atoms with Crippen molar-refractivity contribution in [3.63, 3.8) is 0 Å².